The minimum Gasteiger partial charge on any atom is -0.478 e. The molecule has 0 bridgehead atoms. The maximum absolute atomic E-state index is 10.6. The maximum atomic E-state index is 10.6. The Labute approximate surface area is 86.3 Å². The summed E-state index contributed by atoms with van der Waals surface area (Å²) in [5, 5.41) is 8.30. The van der Waals surface area contributed by atoms with E-state index in [1.165, 1.54) is 11.0 Å². The second-order valence-electron chi connectivity index (χ2n) is 2.84. The predicted molar refractivity (Wildman–Crippen MR) is 51.6 cm³/mol. The minimum atomic E-state index is -1.10. The number of nitrogens with two attached hydrogens (primary N) is 2. The van der Waals surface area contributed by atoms with Crippen LogP contribution in [0.1, 0.15) is 0 Å². The maximum Gasteiger partial charge on any atom is 0.328 e. The number of aliphatic carboxylic acids is 1. The highest BCUT2D eigenvalue weighted by Crippen LogP contribution is 1.88. The first kappa shape index (κ1) is 13.1. The average Bonchev–Trinajstić information content (AvgIpc) is 2.00. The number of hydrogen-bond acceptors (Lipinski definition) is 4. The summed E-state index contributed by atoms with van der Waals surface area (Å²) in [7, 11) is 0. The molecule has 0 aliphatic carbocycles. The largest absolute Gasteiger partial charge is 0.478 e. The van der Waals surface area contributed by atoms with Gasteiger partial charge in [0.1, 0.15) is 0 Å². The number of hydrogen-bond donors (Lipinski definition) is 3. The molecule has 0 aromatic carbocycles. The molecule has 0 fully saturated rings. The number of carboxylic acids is 1. The highest BCUT2D eigenvalue weighted by atomic mass is 16.4. The summed E-state index contributed by atoms with van der Waals surface area (Å²) in [4.78, 5) is 32.6. The minimum absolute atomic E-state index is 0.123. The van der Waals surface area contributed by atoms with E-state index in [-0.39, 0.29) is 19.6 Å². The van der Waals surface area contributed by atoms with Crippen molar-refractivity contribution in [1.29, 1.82) is 0 Å². The van der Waals surface area contributed by atoms with Crippen molar-refractivity contribution < 1.29 is 19.5 Å². The molecule has 7 heteroatoms. The number of carbonyl (C=O) groups excluding carboxylic acids is 2. The van der Waals surface area contributed by atoms with Crippen molar-refractivity contribution in [2.45, 2.75) is 0 Å². The van der Waals surface area contributed by atoms with Gasteiger partial charge in [-0.15, -0.1) is 0 Å². The average molecular weight is 215 g/mol. The van der Waals surface area contributed by atoms with E-state index in [9.17, 15) is 14.4 Å². The van der Waals surface area contributed by atoms with Crippen molar-refractivity contribution in [2.24, 2.45) is 11.5 Å². The number of rotatable bonds is 7. The topological polar surface area (TPSA) is 127 Å². The van der Waals surface area contributed by atoms with Crippen molar-refractivity contribution in [1.82, 2.24) is 4.90 Å². The third-order valence-electron chi connectivity index (χ3n) is 1.38. The van der Waals surface area contributed by atoms with Gasteiger partial charge in [0.05, 0.1) is 13.1 Å². The van der Waals surface area contributed by atoms with Crippen LogP contribution >= 0.6 is 0 Å². The summed E-state index contributed by atoms with van der Waals surface area (Å²) in [6.45, 7) is -0.169. The lowest BCUT2D eigenvalue weighted by Gasteiger charge is -2.16. The Kier molecular flexibility index (Phi) is 5.72. The van der Waals surface area contributed by atoms with Crippen LogP contribution in [-0.4, -0.2) is 47.4 Å². The Hall–Kier alpha value is -1.89. The third kappa shape index (κ3) is 8.44. The first-order valence-corrected chi connectivity index (χ1v) is 4.10. The lowest BCUT2D eigenvalue weighted by atomic mass is 10.4. The van der Waals surface area contributed by atoms with E-state index in [4.69, 9.17) is 16.6 Å². The fourth-order valence-corrected chi connectivity index (χ4v) is 0.928. The van der Waals surface area contributed by atoms with Crippen LogP contribution in [0.2, 0.25) is 0 Å². The van der Waals surface area contributed by atoms with Gasteiger partial charge in [-0.25, -0.2) is 4.79 Å². The molecule has 5 N–H and O–H groups in total. The van der Waals surface area contributed by atoms with E-state index in [2.05, 4.69) is 0 Å². The lowest BCUT2D eigenvalue weighted by molar-refractivity contribution is -0.131. The van der Waals surface area contributed by atoms with Gasteiger partial charge in [-0.05, 0) is 0 Å². The summed E-state index contributed by atoms with van der Waals surface area (Å²) in [6, 6.07) is 0. The van der Waals surface area contributed by atoms with Crippen molar-refractivity contribution >= 4 is 17.8 Å². The van der Waals surface area contributed by atoms with Crippen molar-refractivity contribution in [3.8, 4) is 0 Å². The van der Waals surface area contributed by atoms with Gasteiger partial charge >= 0.3 is 5.97 Å². The van der Waals surface area contributed by atoms with Gasteiger partial charge in [-0.1, -0.05) is 6.08 Å². The van der Waals surface area contributed by atoms with Crippen LogP contribution in [-0.2, 0) is 14.4 Å². The van der Waals surface area contributed by atoms with E-state index in [0.717, 1.165) is 6.08 Å². The molecule has 15 heavy (non-hydrogen) atoms. The van der Waals surface area contributed by atoms with E-state index < -0.39 is 17.8 Å². The monoisotopic (exact) mass is 215 g/mol. The van der Waals surface area contributed by atoms with Gasteiger partial charge in [0, 0.05) is 12.6 Å². The summed E-state index contributed by atoms with van der Waals surface area (Å²) in [5.74, 6) is -2.33. The second-order valence-corrected chi connectivity index (χ2v) is 2.84. The van der Waals surface area contributed by atoms with Crippen molar-refractivity contribution in [2.75, 3.05) is 19.6 Å². The highest BCUT2D eigenvalue weighted by molar-refractivity contribution is 5.80. The summed E-state index contributed by atoms with van der Waals surface area (Å²) >= 11 is 0. The standard InChI is InChI=1S/C8H13N3O4/c9-6(12)4-11(5-7(10)13)3-1-2-8(14)15/h1-2H,3-5H2,(H2,9,12)(H2,10,13)(H,14,15)/b2-1+. The zero-order valence-corrected chi connectivity index (χ0v) is 8.05. The molecule has 0 saturated heterocycles. The molecular formula is C8H13N3O4. The highest BCUT2D eigenvalue weighted by Gasteiger charge is 2.09. The summed E-state index contributed by atoms with van der Waals surface area (Å²) in [5.41, 5.74) is 9.85. The Morgan fingerprint density at radius 1 is 1.13 bits per heavy atom. The molecule has 0 aliphatic heterocycles. The van der Waals surface area contributed by atoms with Crippen molar-refractivity contribution in [3.05, 3.63) is 12.2 Å². The van der Waals surface area contributed by atoms with E-state index in [0.29, 0.717) is 0 Å². The van der Waals surface area contributed by atoms with E-state index in [1.807, 2.05) is 0 Å². The van der Waals surface area contributed by atoms with Gasteiger partial charge in [0.2, 0.25) is 11.8 Å². The molecule has 84 valence electrons. The number of primary amides is 2. The molecule has 0 aromatic rings. The zero-order chi connectivity index (χ0) is 11.8. The van der Waals surface area contributed by atoms with Crippen LogP contribution < -0.4 is 11.5 Å². The zero-order valence-electron chi connectivity index (χ0n) is 8.05. The van der Waals surface area contributed by atoms with Crippen LogP contribution in [0.4, 0.5) is 0 Å². The molecule has 0 rings (SSSR count). The van der Waals surface area contributed by atoms with Crippen LogP contribution in [0.3, 0.4) is 0 Å². The Morgan fingerprint density at radius 3 is 1.93 bits per heavy atom. The molecule has 2 amide bonds. The fourth-order valence-electron chi connectivity index (χ4n) is 0.928. The van der Waals surface area contributed by atoms with Crippen LogP contribution in [0.25, 0.3) is 0 Å². The van der Waals surface area contributed by atoms with Crippen LogP contribution in [0.5, 0.6) is 0 Å². The first-order chi connectivity index (χ1) is 6.91. The molecule has 7 nitrogen and oxygen atoms in total. The van der Waals surface area contributed by atoms with Gasteiger partial charge in [-0.2, -0.15) is 0 Å². The summed E-state index contributed by atoms with van der Waals surface area (Å²) in [6.07, 6.45) is 2.21. The number of carboxylic acid groups (broad SMARTS) is 1. The van der Waals surface area contributed by atoms with Gasteiger partial charge in [0.25, 0.3) is 0 Å². The van der Waals surface area contributed by atoms with Gasteiger partial charge < -0.3 is 16.6 Å². The quantitative estimate of drug-likeness (QED) is 0.419. The summed E-state index contributed by atoms with van der Waals surface area (Å²) < 4.78 is 0. The molecule has 0 heterocycles. The second kappa shape index (κ2) is 6.55. The number of carbonyl (C=O) groups is 3. The molecule has 0 radical (unpaired) electrons. The van der Waals surface area contributed by atoms with Gasteiger partial charge in [0.15, 0.2) is 0 Å². The molecule has 0 aromatic heterocycles. The number of nitrogens with zero attached hydrogens (tertiary/aromatic N) is 1. The molecule has 0 atom stereocenters. The van der Waals surface area contributed by atoms with Crippen LogP contribution in [0.15, 0.2) is 12.2 Å². The Morgan fingerprint density at radius 2 is 1.60 bits per heavy atom. The number of amides is 2. The molecule has 0 aliphatic rings. The van der Waals surface area contributed by atoms with Crippen molar-refractivity contribution in [3.63, 3.8) is 0 Å². The first-order valence-electron chi connectivity index (χ1n) is 4.10. The fraction of sp³-hybridized carbons (Fsp3) is 0.375. The van der Waals surface area contributed by atoms with E-state index >= 15 is 0 Å². The smallest absolute Gasteiger partial charge is 0.328 e. The Bertz CT molecular complexity index is 272. The molecule has 0 unspecified atom stereocenters. The normalized spacial score (nSPS) is 10.7. The SMILES string of the molecule is NC(=O)CN(C/C=C/C(=O)O)CC(N)=O. The van der Waals surface area contributed by atoms with Gasteiger partial charge in [-0.3, -0.25) is 14.5 Å². The molecular weight excluding hydrogens is 202 g/mol. The van der Waals surface area contributed by atoms with Crippen LogP contribution in [0, 0.1) is 0 Å². The third-order valence-corrected chi connectivity index (χ3v) is 1.38. The Balaban J connectivity index is 4.17. The molecule has 0 spiro atoms. The lowest BCUT2D eigenvalue weighted by Crippen LogP contribution is -2.39. The predicted octanol–water partition coefficient (Wildman–Crippen LogP) is -2.10. The van der Waals surface area contributed by atoms with E-state index in [1.54, 1.807) is 0 Å². The molecule has 0 saturated carbocycles.